The van der Waals surface area contributed by atoms with Crippen LogP contribution >= 0.6 is 0 Å². The van der Waals surface area contributed by atoms with Gasteiger partial charge in [-0.05, 0) is 86.0 Å². The maximum Gasteiger partial charge on any atom is 0.293 e. The number of carbonyl (C=O) groups is 1. The molecular formula is C31H43NO3S. The van der Waals surface area contributed by atoms with Crippen molar-refractivity contribution >= 4 is 17.5 Å². The van der Waals surface area contributed by atoms with Gasteiger partial charge in [-0.2, -0.15) is 0 Å². The van der Waals surface area contributed by atoms with Crippen molar-refractivity contribution in [2.24, 2.45) is 11.3 Å². The lowest BCUT2D eigenvalue weighted by Crippen LogP contribution is -2.52. The fraction of sp³-hybridized carbons (Fsp3) is 0.516. The molecule has 0 radical (unpaired) electrons. The summed E-state index contributed by atoms with van der Waals surface area (Å²) >= 11 is 0. The number of allylic oxidation sites excluding steroid dienone is 2. The van der Waals surface area contributed by atoms with Gasteiger partial charge in [-0.1, -0.05) is 74.9 Å². The SMILES string of the molecule is C/C=C1/CCC2(Cc3ccccc3)CN(S(=O)c3ccc(C(C)(C)C)cc3)CCC2C1.CCOC=O. The van der Waals surface area contributed by atoms with Crippen molar-refractivity contribution in [1.82, 2.24) is 4.31 Å². The maximum absolute atomic E-state index is 13.6. The zero-order valence-corrected chi connectivity index (χ0v) is 23.5. The Kier molecular flexibility index (Phi) is 10.1. The Hall–Kier alpha value is -2.24. The van der Waals surface area contributed by atoms with Gasteiger partial charge in [0.25, 0.3) is 6.47 Å². The summed E-state index contributed by atoms with van der Waals surface area (Å²) in [6.07, 6.45) is 8.14. The van der Waals surface area contributed by atoms with Crippen molar-refractivity contribution in [3.05, 3.63) is 77.4 Å². The van der Waals surface area contributed by atoms with E-state index in [9.17, 15) is 9.00 Å². The zero-order valence-electron chi connectivity index (χ0n) is 22.7. The molecule has 1 heterocycles. The van der Waals surface area contributed by atoms with Crippen molar-refractivity contribution in [1.29, 1.82) is 0 Å². The number of benzene rings is 2. The molecule has 1 aliphatic heterocycles. The number of piperidine rings is 1. The van der Waals surface area contributed by atoms with Gasteiger partial charge < -0.3 is 4.74 Å². The number of ether oxygens (including phenoxy) is 1. The summed E-state index contributed by atoms with van der Waals surface area (Å²) in [5.74, 6) is 0.684. The summed E-state index contributed by atoms with van der Waals surface area (Å²) in [5, 5.41) is 0. The van der Waals surface area contributed by atoms with E-state index in [1.165, 1.54) is 30.4 Å². The molecule has 2 aliphatic rings. The molecular weight excluding hydrogens is 466 g/mol. The Labute approximate surface area is 220 Å². The predicted molar refractivity (Wildman–Crippen MR) is 149 cm³/mol. The summed E-state index contributed by atoms with van der Waals surface area (Å²) in [7, 11) is -1.10. The van der Waals surface area contributed by atoms with E-state index in [2.05, 4.69) is 97.4 Å². The highest BCUT2D eigenvalue weighted by Gasteiger charge is 2.46. The van der Waals surface area contributed by atoms with Crippen LogP contribution in [0, 0.1) is 11.3 Å². The van der Waals surface area contributed by atoms with E-state index in [0.29, 0.717) is 19.0 Å². The van der Waals surface area contributed by atoms with E-state index >= 15 is 0 Å². The molecule has 2 aromatic rings. The first-order valence-corrected chi connectivity index (χ1v) is 14.3. The van der Waals surface area contributed by atoms with E-state index in [-0.39, 0.29) is 10.8 Å². The third-order valence-electron chi connectivity index (χ3n) is 7.74. The van der Waals surface area contributed by atoms with Crippen LogP contribution in [0.1, 0.15) is 71.4 Å². The highest BCUT2D eigenvalue weighted by molar-refractivity contribution is 7.82. The molecule has 1 aliphatic carbocycles. The van der Waals surface area contributed by atoms with Crippen LogP contribution in [0.25, 0.3) is 0 Å². The summed E-state index contributed by atoms with van der Waals surface area (Å²) in [6, 6.07) is 19.4. The van der Waals surface area contributed by atoms with E-state index in [4.69, 9.17) is 0 Å². The fourth-order valence-electron chi connectivity index (χ4n) is 5.58. The second-order valence-corrected chi connectivity index (χ2v) is 12.6. The van der Waals surface area contributed by atoms with Gasteiger partial charge in [0.1, 0.15) is 11.0 Å². The highest BCUT2D eigenvalue weighted by Crippen LogP contribution is 2.50. The smallest absolute Gasteiger partial charge is 0.293 e. The molecule has 0 amide bonds. The van der Waals surface area contributed by atoms with Crippen LogP contribution in [0.5, 0.6) is 0 Å². The maximum atomic E-state index is 13.6. The highest BCUT2D eigenvalue weighted by atomic mass is 32.2. The molecule has 2 fully saturated rings. The number of carbonyl (C=O) groups excluding carboxylic acids is 1. The summed E-state index contributed by atoms with van der Waals surface area (Å²) in [5.41, 5.74) is 4.65. The van der Waals surface area contributed by atoms with Gasteiger partial charge in [0.2, 0.25) is 0 Å². The Morgan fingerprint density at radius 1 is 1.11 bits per heavy atom. The Morgan fingerprint density at radius 3 is 2.36 bits per heavy atom. The van der Waals surface area contributed by atoms with Crippen LogP contribution in [-0.4, -0.2) is 34.7 Å². The topological polar surface area (TPSA) is 46.6 Å². The first kappa shape index (κ1) is 28.3. The van der Waals surface area contributed by atoms with Crippen molar-refractivity contribution in [2.45, 2.75) is 77.0 Å². The quantitative estimate of drug-likeness (QED) is 0.315. The van der Waals surface area contributed by atoms with Crippen molar-refractivity contribution < 1.29 is 13.7 Å². The first-order chi connectivity index (χ1) is 17.2. The molecule has 0 N–H and O–H groups in total. The van der Waals surface area contributed by atoms with Crippen molar-refractivity contribution in [3.8, 4) is 0 Å². The zero-order chi connectivity index (χ0) is 26.2. The van der Waals surface area contributed by atoms with Crippen LogP contribution in [-0.2, 0) is 32.4 Å². The molecule has 1 saturated carbocycles. The molecule has 4 rings (SSSR count). The lowest BCUT2D eigenvalue weighted by atomic mass is 9.60. The van der Waals surface area contributed by atoms with Gasteiger partial charge >= 0.3 is 0 Å². The van der Waals surface area contributed by atoms with Crippen LogP contribution < -0.4 is 0 Å². The minimum atomic E-state index is -1.10. The largest absolute Gasteiger partial charge is 0.468 e. The lowest BCUT2D eigenvalue weighted by molar-refractivity contribution is -0.128. The van der Waals surface area contributed by atoms with Gasteiger partial charge in [-0.15, -0.1) is 0 Å². The Bertz CT molecular complexity index is 1030. The molecule has 4 nitrogen and oxygen atoms in total. The number of rotatable bonds is 6. The summed E-state index contributed by atoms with van der Waals surface area (Å²) < 4.78 is 20.0. The molecule has 0 bridgehead atoms. The number of hydrogen-bond donors (Lipinski definition) is 0. The lowest BCUT2D eigenvalue weighted by Gasteiger charge is -2.51. The third kappa shape index (κ3) is 7.17. The van der Waals surface area contributed by atoms with Gasteiger partial charge in [0.05, 0.1) is 11.5 Å². The molecule has 3 atom stereocenters. The van der Waals surface area contributed by atoms with E-state index < -0.39 is 11.0 Å². The number of fused-ring (bicyclic) bond motifs is 1. The van der Waals surface area contributed by atoms with Crippen molar-refractivity contribution in [3.63, 3.8) is 0 Å². The Balaban J connectivity index is 0.000000658. The number of hydrogen-bond acceptors (Lipinski definition) is 3. The van der Waals surface area contributed by atoms with Crippen LogP contribution in [0.2, 0.25) is 0 Å². The predicted octanol–water partition coefficient (Wildman–Crippen LogP) is 6.87. The molecule has 2 aromatic carbocycles. The van der Waals surface area contributed by atoms with Crippen LogP contribution in [0.3, 0.4) is 0 Å². The number of nitrogens with zero attached hydrogens (tertiary/aromatic N) is 1. The van der Waals surface area contributed by atoms with Crippen LogP contribution in [0.4, 0.5) is 0 Å². The second kappa shape index (κ2) is 12.8. The third-order valence-corrected chi connectivity index (χ3v) is 9.19. The standard InChI is InChI=1S/C28H37NOS.C3H6O2/c1-5-22-15-17-28(20-23-9-7-6-8-10-23)21-29(18-16-25(28)19-22)31(30)26-13-11-24(12-14-26)27(2,3)4;1-2-5-3-4/h5-14,25H,15-21H2,1-4H3;3H,2H2,1H3/b22-5-;. The normalized spacial score (nSPS) is 24.2. The van der Waals surface area contributed by atoms with Gasteiger partial charge in [-0.3, -0.25) is 4.79 Å². The monoisotopic (exact) mass is 509 g/mol. The van der Waals surface area contributed by atoms with E-state index in [0.717, 1.165) is 30.8 Å². The van der Waals surface area contributed by atoms with Crippen molar-refractivity contribution in [2.75, 3.05) is 19.7 Å². The average molecular weight is 510 g/mol. The molecule has 5 heteroatoms. The molecule has 1 saturated heterocycles. The van der Waals surface area contributed by atoms with Crippen LogP contribution in [0.15, 0.2) is 71.1 Å². The van der Waals surface area contributed by atoms with Gasteiger partial charge in [-0.25, -0.2) is 8.51 Å². The van der Waals surface area contributed by atoms with Gasteiger partial charge in [0, 0.05) is 13.1 Å². The molecule has 3 unspecified atom stereocenters. The molecule has 196 valence electrons. The van der Waals surface area contributed by atoms with Gasteiger partial charge in [0.15, 0.2) is 0 Å². The Morgan fingerprint density at radius 2 is 1.81 bits per heavy atom. The fourth-order valence-corrected chi connectivity index (χ4v) is 6.89. The van der Waals surface area contributed by atoms with E-state index in [1.807, 2.05) is 0 Å². The first-order valence-electron chi connectivity index (χ1n) is 13.2. The molecule has 36 heavy (non-hydrogen) atoms. The second-order valence-electron chi connectivity index (χ2n) is 11.1. The molecule has 0 spiro atoms. The van der Waals surface area contributed by atoms with E-state index in [1.54, 1.807) is 12.5 Å². The summed E-state index contributed by atoms with van der Waals surface area (Å²) in [6.45, 7) is 13.4. The minimum Gasteiger partial charge on any atom is -0.468 e. The summed E-state index contributed by atoms with van der Waals surface area (Å²) in [4.78, 5) is 10.1. The minimum absolute atomic E-state index is 0.116. The average Bonchev–Trinajstić information content (AvgIpc) is 2.88. The molecule has 0 aromatic heterocycles.